The van der Waals surface area contributed by atoms with Crippen molar-refractivity contribution in [2.75, 3.05) is 0 Å². The van der Waals surface area contributed by atoms with Gasteiger partial charge in [-0.1, -0.05) is 6.92 Å². The van der Waals surface area contributed by atoms with Gasteiger partial charge in [-0.25, -0.2) is 0 Å². The van der Waals surface area contributed by atoms with Gasteiger partial charge in [0.15, 0.2) is 0 Å². The van der Waals surface area contributed by atoms with E-state index in [1.54, 1.807) is 27.7 Å². The zero-order valence-corrected chi connectivity index (χ0v) is 8.15. The van der Waals surface area contributed by atoms with E-state index < -0.39 is 18.3 Å². The Morgan fingerprint density at radius 2 is 1.17 bits per heavy atom. The maximum absolute atomic E-state index is 9.29. The van der Waals surface area contributed by atoms with Crippen molar-refractivity contribution >= 4 is 0 Å². The minimum absolute atomic E-state index is 0.176. The van der Waals surface area contributed by atoms with Crippen molar-refractivity contribution in [3.8, 4) is 0 Å². The third kappa shape index (κ3) is 3.09. The minimum Gasteiger partial charge on any atom is -0.393 e. The first-order valence-electron chi connectivity index (χ1n) is 4.28. The molecule has 3 heteroatoms. The molecule has 12 heavy (non-hydrogen) atoms. The summed E-state index contributed by atoms with van der Waals surface area (Å²) in [5.74, 6) is 0.412. The summed E-state index contributed by atoms with van der Waals surface area (Å²) in [5.41, 5.74) is 0. The van der Waals surface area contributed by atoms with Crippen LogP contribution < -0.4 is 0 Å². The molecule has 0 spiro atoms. The quantitative estimate of drug-likeness (QED) is 0.577. The molecule has 4 unspecified atom stereocenters. The molecule has 4 atom stereocenters. The van der Waals surface area contributed by atoms with Crippen LogP contribution in [0.4, 0.5) is 0 Å². The number of hydrogen-bond donors (Lipinski definition) is 3. The average Bonchev–Trinajstić information content (AvgIpc) is 1.85. The summed E-state index contributed by atoms with van der Waals surface area (Å²) in [7, 11) is 0. The van der Waals surface area contributed by atoms with Crippen molar-refractivity contribution in [1.29, 1.82) is 0 Å². The molecule has 0 aliphatic rings. The summed E-state index contributed by atoms with van der Waals surface area (Å²) < 4.78 is 0. The largest absolute Gasteiger partial charge is 0.393 e. The highest BCUT2D eigenvalue weighted by molar-refractivity contribution is 5.05. The predicted octanol–water partition coefficient (Wildman–Crippen LogP) is 0.339. The van der Waals surface area contributed by atoms with E-state index in [0.717, 1.165) is 0 Å². The minimum atomic E-state index is -0.672. The van der Waals surface area contributed by atoms with Gasteiger partial charge in [0.25, 0.3) is 0 Å². The molecule has 0 saturated carbocycles. The lowest BCUT2D eigenvalue weighted by Crippen LogP contribution is -2.35. The molecule has 0 aromatic rings. The van der Waals surface area contributed by atoms with E-state index in [1.165, 1.54) is 0 Å². The van der Waals surface area contributed by atoms with Crippen LogP contribution in [0.3, 0.4) is 0 Å². The second kappa shape index (κ2) is 4.80. The van der Waals surface area contributed by atoms with Gasteiger partial charge in [0.05, 0.1) is 18.3 Å². The SMILES string of the molecule is CC(O)[C](C(C)O)C(C)C(C)O. The summed E-state index contributed by atoms with van der Waals surface area (Å²) in [6.45, 7) is 6.64. The molecule has 1 radical (unpaired) electrons. The maximum atomic E-state index is 9.29. The summed E-state index contributed by atoms with van der Waals surface area (Å²) in [6, 6.07) is 0. The first kappa shape index (κ1) is 11.9. The van der Waals surface area contributed by atoms with Crippen molar-refractivity contribution in [2.24, 2.45) is 5.92 Å². The Kier molecular flexibility index (Phi) is 4.75. The normalized spacial score (nSPS) is 22.0. The smallest absolute Gasteiger partial charge is 0.0603 e. The van der Waals surface area contributed by atoms with Crippen molar-refractivity contribution in [2.45, 2.75) is 46.0 Å². The Labute approximate surface area is 74.0 Å². The second-order valence-electron chi connectivity index (χ2n) is 3.38. The van der Waals surface area contributed by atoms with E-state index in [9.17, 15) is 15.3 Å². The fourth-order valence-corrected chi connectivity index (χ4v) is 1.39. The van der Waals surface area contributed by atoms with Crippen LogP contribution in [0.1, 0.15) is 27.7 Å². The van der Waals surface area contributed by atoms with Gasteiger partial charge < -0.3 is 15.3 Å². The van der Waals surface area contributed by atoms with E-state index in [2.05, 4.69) is 0 Å². The molecular weight excluding hydrogens is 156 g/mol. The summed E-state index contributed by atoms with van der Waals surface area (Å²) in [5, 5.41) is 27.8. The van der Waals surface area contributed by atoms with Crippen LogP contribution in [0.5, 0.6) is 0 Å². The molecule has 0 rings (SSSR count). The number of hydrogen-bond acceptors (Lipinski definition) is 3. The van der Waals surface area contributed by atoms with Gasteiger partial charge >= 0.3 is 0 Å². The van der Waals surface area contributed by atoms with Gasteiger partial charge in [-0.05, 0) is 26.7 Å². The third-order valence-corrected chi connectivity index (χ3v) is 2.21. The van der Waals surface area contributed by atoms with Crippen molar-refractivity contribution in [1.82, 2.24) is 0 Å². The Morgan fingerprint density at radius 1 is 0.833 bits per heavy atom. The molecule has 0 bridgehead atoms. The lowest BCUT2D eigenvalue weighted by molar-refractivity contribution is 0.0599. The third-order valence-electron chi connectivity index (χ3n) is 2.21. The molecule has 0 fully saturated rings. The lowest BCUT2D eigenvalue weighted by atomic mass is 9.82. The number of aliphatic hydroxyl groups is 3. The van der Waals surface area contributed by atoms with Crippen molar-refractivity contribution < 1.29 is 15.3 Å². The monoisotopic (exact) mass is 175 g/mol. The molecule has 0 saturated heterocycles. The fraction of sp³-hybridized carbons (Fsp3) is 0.889. The van der Waals surface area contributed by atoms with Gasteiger partial charge in [0.1, 0.15) is 0 Å². The van der Waals surface area contributed by atoms with E-state index >= 15 is 0 Å². The molecule has 0 heterocycles. The number of rotatable bonds is 4. The molecular formula is C9H19O3. The standard InChI is InChI=1S/C9H19O3/c1-5(6(2)10)9(7(3)11)8(4)12/h5-8,10-12H,1-4H3. The zero-order valence-electron chi connectivity index (χ0n) is 8.15. The maximum Gasteiger partial charge on any atom is 0.0603 e. The van der Waals surface area contributed by atoms with Gasteiger partial charge in [-0.15, -0.1) is 0 Å². The van der Waals surface area contributed by atoms with Crippen LogP contribution in [-0.2, 0) is 0 Å². The van der Waals surface area contributed by atoms with Crippen LogP contribution >= 0.6 is 0 Å². The average molecular weight is 175 g/mol. The molecule has 0 aliphatic carbocycles. The predicted molar refractivity (Wildman–Crippen MR) is 47.4 cm³/mol. The van der Waals surface area contributed by atoms with Crippen molar-refractivity contribution in [3.63, 3.8) is 0 Å². The molecule has 0 aromatic heterocycles. The molecule has 0 aromatic carbocycles. The number of aliphatic hydroxyl groups excluding tert-OH is 3. The molecule has 3 nitrogen and oxygen atoms in total. The van der Waals surface area contributed by atoms with E-state index in [4.69, 9.17) is 0 Å². The van der Waals surface area contributed by atoms with E-state index in [0.29, 0.717) is 5.92 Å². The lowest BCUT2D eigenvalue weighted by Gasteiger charge is -2.30. The molecule has 0 aliphatic heterocycles. The Morgan fingerprint density at radius 3 is 1.25 bits per heavy atom. The highest BCUT2D eigenvalue weighted by atomic mass is 16.3. The first-order chi connectivity index (χ1) is 5.37. The second-order valence-corrected chi connectivity index (χ2v) is 3.38. The summed E-state index contributed by atoms with van der Waals surface area (Å²) in [6.07, 6.45) is -1.88. The van der Waals surface area contributed by atoms with Crippen molar-refractivity contribution in [3.05, 3.63) is 5.92 Å². The van der Waals surface area contributed by atoms with Crippen LogP contribution in [0.2, 0.25) is 0 Å². The first-order valence-corrected chi connectivity index (χ1v) is 4.28. The van der Waals surface area contributed by atoms with Crippen LogP contribution in [0, 0.1) is 11.8 Å². The van der Waals surface area contributed by atoms with Gasteiger partial charge in [0.2, 0.25) is 0 Å². The van der Waals surface area contributed by atoms with Crippen LogP contribution in [-0.4, -0.2) is 33.6 Å². The van der Waals surface area contributed by atoms with Crippen LogP contribution in [0.15, 0.2) is 0 Å². The van der Waals surface area contributed by atoms with Gasteiger partial charge in [0, 0.05) is 5.92 Å². The Balaban J connectivity index is 4.30. The Hall–Kier alpha value is -0.120. The summed E-state index contributed by atoms with van der Waals surface area (Å²) in [4.78, 5) is 0. The van der Waals surface area contributed by atoms with E-state index in [-0.39, 0.29) is 5.92 Å². The van der Waals surface area contributed by atoms with E-state index in [1.807, 2.05) is 0 Å². The molecule has 73 valence electrons. The topological polar surface area (TPSA) is 60.7 Å². The van der Waals surface area contributed by atoms with Gasteiger partial charge in [-0.2, -0.15) is 0 Å². The highest BCUT2D eigenvalue weighted by Gasteiger charge is 2.30. The molecule has 3 N–H and O–H groups in total. The van der Waals surface area contributed by atoms with Crippen LogP contribution in [0.25, 0.3) is 0 Å². The zero-order chi connectivity index (χ0) is 9.89. The van der Waals surface area contributed by atoms with Gasteiger partial charge in [-0.3, -0.25) is 0 Å². The fourth-order valence-electron chi connectivity index (χ4n) is 1.39. The Bertz CT molecular complexity index is 113. The highest BCUT2D eigenvalue weighted by Crippen LogP contribution is 2.25. The molecule has 0 amide bonds. The summed E-state index contributed by atoms with van der Waals surface area (Å²) >= 11 is 0.